The van der Waals surface area contributed by atoms with Gasteiger partial charge >= 0.3 is 0 Å². The van der Waals surface area contributed by atoms with Crippen molar-refractivity contribution >= 4 is 5.91 Å². The van der Waals surface area contributed by atoms with Crippen molar-refractivity contribution in [2.24, 2.45) is 0 Å². The molecule has 1 atom stereocenters. The van der Waals surface area contributed by atoms with Crippen molar-refractivity contribution in [1.82, 2.24) is 10.6 Å². The van der Waals surface area contributed by atoms with Gasteiger partial charge in [0.25, 0.3) is 0 Å². The molecule has 0 saturated carbocycles. The van der Waals surface area contributed by atoms with Crippen LogP contribution in [-0.4, -0.2) is 38.3 Å². The summed E-state index contributed by atoms with van der Waals surface area (Å²) in [6.45, 7) is 9.18. The van der Waals surface area contributed by atoms with Crippen molar-refractivity contribution in [2.45, 2.75) is 38.6 Å². The van der Waals surface area contributed by atoms with Crippen LogP contribution in [-0.2, 0) is 21.4 Å². The second kappa shape index (κ2) is 7.05. The zero-order valence-electron chi connectivity index (χ0n) is 13.2. The largest absolute Gasteiger partial charge is 0.378 e. The van der Waals surface area contributed by atoms with Crippen LogP contribution in [0.15, 0.2) is 24.3 Å². The molecule has 0 radical (unpaired) electrons. The van der Waals surface area contributed by atoms with E-state index in [4.69, 9.17) is 4.74 Å². The van der Waals surface area contributed by atoms with E-state index in [9.17, 15) is 4.79 Å². The Balaban J connectivity index is 1.76. The number of carbonyl (C=O) groups excluding carboxylic acids is 1. The molecule has 1 aromatic rings. The number of benzene rings is 1. The molecule has 0 spiro atoms. The van der Waals surface area contributed by atoms with Gasteiger partial charge in [-0.3, -0.25) is 4.79 Å². The maximum atomic E-state index is 11.9. The predicted molar refractivity (Wildman–Crippen MR) is 84.5 cm³/mol. The van der Waals surface area contributed by atoms with E-state index in [-0.39, 0.29) is 17.4 Å². The smallest absolute Gasteiger partial charge is 0.239 e. The molecule has 21 heavy (non-hydrogen) atoms. The summed E-state index contributed by atoms with van der Waals surface area (Å²) in [5, 5.41) is 6.12. The maximum absolute atomic E-state index is 11.9. The normalized spacial score (nSPS) is 19.3. The van der Waals surface area contributed by atoms with Crippen LogP contribution in [0.1, 0.15) is 31.9 Å². The van der Waals surface area contributed by atoms with Gasteiger partial charge in [-0.1, -0.05) is 45.0 Å². The summed E-state index contributed by atoms with van der Waals surface area (Å²) in [4.78, 5) is 11.9. The number of hydrogen-bond acceptors (Lipinski definition) is 3. The van der Waals surface area contributed by atoms with Crippen LogP contribution in [0.2, 0.25) is 0 Å². The number of nitrogens with one attached hydrogen (secondary N) is 2. The van der Waals surface area contributed by atoms with Crippen LogP contribution in [0, 0.1) is 0 Å². The lowest BCUT2D eigenvalue weighted by Crippen LogP contribution is -2.51. The predicted octanol–water partition coefficient (Wildman–Crippen LogP) is 1.63. The van der Waals surface area contributed by atoms with Crippen molar-refractivity contribution in [3.8, 4) is 0 Å². The van der Waals surface area contributed by atoms with Gasteiger partial charge in [-0.05, 0) is 23.0 Å². The third kappa shape index (κ3) is 4.83. The highest BCUT2D eigenvalue weighted by atomic mass is 16.5. The zero-order chi connectivity index (χ0) is 15.3. The highest BCUT2D eigenvalue weighted by molar-refractivity contribution is 5.81. The summed E-state index contributed by atoms with van der Waals surface area (Å²) >= 11 is 0. The van der Waals surface area contributed by atoms with Crippen LogP contribution in [0.4, 0.5) is 0 Å². The summed E-state index contributed by atoms with van der Waals surface area (Å²) in [6.07, 6.45) is 0.851. The molecule has 2 N–H and O–H groups in total. The number of amides is 1. The molecule has 1 amide bonds. The lowest BCUT2D eigenvalue weighted by atomic mass is 9.86. The van der Waals surface area contributed by atoms with Crippen LogP contribution in [0.3, 0.4) is 0 Å². The SMILES string of the molecule is CC(C)(C)c1ccc(CCNC(=O)C2COCCN2)cc1. The number of hydrogen-bond donors (Lipinski definition) is 2. The Bertz CT molecular complexity index is 457. The van der Waals surface area contributed by atoms with Crippen molar-refractivity contribution in [1.29, 1.82) is 0 Å². The fourth-order valence-corrected chi connectivity index (χ4v) is 2.36. The van der Waals surface area contributed by atoms with Crippen LogP contribution in [0.25, 0.3) is 0 Å². The first-order valence-electron chi connectivity index (χ1n) is 7.65. The Morgan fingerprint density at radius 2 is 2.05 bits per heavy atom. The average molecular weight is 290 g/mol. The second-order valence-corrected chi connectivity index (χ2v) is 6.57. The number of carbonyl (C=O) groups is 1. The summed E-state index contributed by atoms with van der Waals surface area (Å²) in [5.41, 5.74) is 2.76. The lowest BCUT2D eigenvalue weighted by molar-refractivity contribution is -0.125. The minimum absolute atomic E-state index is 0.0287. The number of rotatable bonds is 4. The molecule has 1 heterocycles. The van der Waals surface area contributed by atoms with Crippen LogP contribution < -0.4 is 10.6 Å². The minimum atomic E-state index is -0.206. The molecule has 2 rings (SSSR count). The Labute approximate surface area is 127 Å². The fraction of sp³-hybridized carbons (Fsp3) is 0.588. The van der Waals surface area contributed by atoms with Crippen molar-refractivity contribution < 1.29 is 9.53 Å². The summed E-state index contributed by atoms with van der Waals surface area (Å²) in [7, 11) is 0. The van der Waals surface area contributed by atoms with E-state index < -0.39 is 0 Å². The Hall–Kier alpha value is -1.39. The van der Waals surface area contributed by atoms with E-state index in [1.165, 1.54) is 11.1 Å². The molecule has 1 unspecified atom stereocenters. The highest BCUT2D eigenvalue weighted by Gasteiger charge is 2.20. The topological polar surface area (TPSA) is 50.4 Å². The molecule has 1 fully saturated rings. The Kier molecular flexibility index (Phi) is 5.37. The average Bonchev–Trinajstić information content (AvgIpc) is 2.47. The van der Waals surface area contributed by atoms with Crippen molar-refractivity contribution in [3.05, 3.63) is 35.4 Å². The van der Waals surface area contributed by atoms with Crippen LogP contribution in [0.5, 0.6) is 0 Å². The van der Waals surface area contributed by atoms with Crippen molar-refractivity contribution in [3.63, 3.8) is 0 Å². The molecule has 4 nitrogen and oxygen atoms in total. The highest BCUT2D eigenvalue weighted by Crippen LogP contribution is 2.22. The first-order chi connectivity index (χ1) is 9.97. The number of morpholine rings is 1. The summed E-state index contributed by atoms with van der Waals surface area (Å²) in [5.74, 6) is 0.0287. The van der Waals surface area contributed by atoms with E-state index in [0.717, 1.165) is 13.0 Å². The fourth-order valence-electron chi connectivity index (χ4n) is 2.36. The van der Waals surface area contributed by atoms with E-state index in [2.05, 4.69) is 55.7 Å². The second-order valence-electron chi connectivity index (χ2n) is 6.57. The Morgan fingerprint density at radius 1 is 1.33 bits per heavy atom. The Morgan fingerprint density at radius 3 is 2.62 bits per heavy atom. The minimum Gasteiger partial charge on any atom is -0.378 e. The molecule has 1 saturated heterocycles. The molecule has 1 aliphatic rings. The molecular formula is C17H26N2O2. The van der Waals surface area contributed by atoms with Gasteiger partial charge in [0, 0.05) is 13.1 Å². The summed E-state index contributed by atoms with van der Waals surface area (Å²) < 4.78 is 5.29. The quantitative estimate of drug-likeness (QED) is 0.886. The van der Waals surface area contributed by atoms with E-state index in [1.807, 2.05) is 0 Å². The zero-order valence-corrected chi connectivity index (χ0v) is 13.2. The van der Waals surface area contributed by atoms with Gasteiger partial charge in [-0.25, -0.2) is 0 Å². The standard InChI is InChI=1S/C17H26N2O2/c1-17(2,3)14-6-4-13(5-7-14)8-9-19-16(20)15-12-21-11-10-18-15/h4-7,15,18H,8-12H2,1-3H3,(H,19,20). The van der Waals surface area contributed by atoms with E-state index in [0.29, 0.717) is 19.8 Å². The van der Waals surface area contributed by atoms with Gasteiger partial charge < -0.3 is 15.4 Å². The van der Waals surface area contributed by atoms with Gasteiger partial charge in [-0.15, -0.1) is 0 Å². The third-order valence-corrected chi connectivity index (χ3v) is 3.77. The van der Waals surface area contributed by atoms with Gasteiger partial charge in [0.15, 0.2) is 0 Å². The lowest BCUT2D eigenvalue weighted by Gasteiger charge is -2.23. The molecular weight excluding hydrogens is 264 g/mol. The van der Waals surface area contributed by atoms with Gasteiger partial charge in [0.05, 0.1) is 13.2 Å². The molecule has 0 aliphatic carbocycles. The van der Waals surface area contributed by atoms with E-state index in [1.54, 1.807) is 0 Å². The first-order valence-corrected chi connectivity index (χ1v) is 7.65. The monoisotopic (exact) mass is 290 g/mol. The van der Waals surface area contributed by atoms with Gasteiger partial charge in [-0.2, -0.15) is 0 Å². The molecule has 1 aromatic carbocycles. The van der Waals surface area contributed by atoms with Crippen LogP contribution >= 0.6 is 0 Å². The number of ether oxygens (including phenoxy) is 1. The summed E-state index contributed by atoms with van der Waals surface area (Å²) in [6, 6.07) is 8.44. The van der Waals surface area contributed by atoms with Gasteiger partial charge in [0.2, 0.25) is 5.91 Å². The van der Waals surface area contributed by atoms with E-state index >= 15 is 0 Å². The molecule has 0 bridgehead atoms. The molecule has 116 valence electrons. The third-order valence-electron chi connectivity index (χ3n) is 3.77. The first kappa shape index (κ1) is 16.0. The van der Waals surface area contributed by atoms with Gasteiger partial charge in [0.1, 0.15) is 6.04 Å². The van der Waals surface area contributed by atoms with Crippen molar-refractivity contribution in [2.75, 3.05) is 26.3 Å². The molecule has 0 aromatic heterocycles. The molecule has 4 heteroatoms. The molecule has 1 aliphatic heterocycles. The maximum Gasteiger partial charge on any atom is 0.239 e.